The van der Waals surface area contributed by atoms with Crippen molar-refractivity contribution in [1.29, 1.82) is 0 Å². The zero-order valence-electron chi connectivity index (χ0n) is 14.9. The van der Waals surface area contributed by atoms with Crippen LogP contribution in [0.1, 0.15) is 34.6 Å². The summed E-state index contributed by atoms with van der Waals surface area (Å²) in [6.45, 7) is 18.0. The third kappa shape index (κ3) is 4.63. The Morgan fingerprint density at radius 2 is 1.73 bits per heavy atom. The molecule has 1 aliphatic rings. The second-order valence-corrected chi connectivity index (χ2v) is 12.7. The predicted molar refractivity (Wildman–Crippen MR) is 89.2 cm³/mol. The van der Waals surface area contributed by atoms with Gasteiger partial charge in [0.2, 0.25) is 0 Å². The summed E-state index contributed by atoms with van der Waals surface area (Å²) in [4.78, 5) is 0. The van der Waals surface area contributed by atoms with E-state index < -0.39 is 38.5 Å². The van der Waals surface area contributed by atoms with Gasteiger partial charge in [0.1, 0.15) is 24.4 Å². The molecule has 0 aromatic carbocycles. The van der Waals surface area contributed by atoms with E-state index >= 15 is 0 Å². The first-order chi connectivity index (χ1) is 9.81. The van der Waals surface area contributed by atoms with Gasteiger partial charge in [0.25, 0.3) is 0 Å². The average molecular weight is 333 g/mol. The minimum absolute atomic E-state index is 0.0685. The Kier molecular flexibility index (Phi) is 6.04. The van der Waals surface area contributed by atoms with Crippen LogP contribution in [0.4, 0.5) is 0 Å². The van der Waals surface area contributed by atoms with E-state index in [1.807, 2.05) is 0 Å². The Balaban J connectivity index is 2.75. The standard InChI is InChI=1S/C16H32O5Si/c1-9-11(17)13-14(21-16(5,6)20-13)12(18)10-19-22(7,8)15(2,3)4/h9,11-14,17-18H,1,10H2,2-8H3/t11?,12-,13?,14?/m1/s1. The molecule has 5 nitrogen and oxygen atoms in total. The number of aliphatic hydroxyl groups is 2. The number of hydrogen-bond acceptors (Lipinski definition) is 5. The number of ether oxygens (including phenoxy) is 2. The molecule has 1 aliphatic heterocycles. The zero-order chi connectivity index (χ0) is 17.3. The fourth-order valence-electron chi connectivity index (χ4n) is 2.12. The van der Waals surface area contributed by atoms with Gasteiger partial charge in [0.15, 0.2) is 14.1 Å². The summed E-state index contributed by atoms with van der Waals surface area (Å²) < 4.78 is 17.5. The fraction of sp³-hybridized carbons (Fsp3) is 0.875. The molecule has 22 heavy (non-hydrogen) atoms. The highest BCUT2D eigenvalue weighted by molar-refractivity contribution is 6.74. The van der Waals surface area contributed by atoms with E-state index in [9.17, 15) is 10.2 Å². The lowest BCUT2D eigenvalue weighted by Crippen LogP contribution is -2.48. The Morgan fingerprint density at radius 3 is 2.18 bits per heavy atom. The van der Waals surface area contributed by atoms with Gasteiger partial charge >= 0.3 is 0 Å². The van der Waals surface area contributed by atoms with E-state index in [0.29, 0.717) is 0 Å². The molecular weight excluding hydrogens is 300 g/mol. The Bertz CT molecular complexity index is 388. The maximum absolute atomic E-state index is 10.5. The van der Waals surface area contributed by atoms with E-state index in [0.717, 1.165) is 0 Å². The van der Waals surface area contributed by atoms with Crippen LogP contribution >= 0.6 is 0 Å². The molecule has 0 bridgehead atoms. The zero-order valence-corrected chi connectivity index (χ0v) is 15.9. The van der Waals surface area contributed by atoms with Crippen LogP contribution in [-0.2, 0) is 13.9 Å². The molecule has 1 fully saturated rings. The maximum atomic E-state index is 10.5. The molecule has 4 atom stereocenters. The second-order valence-electron chi connectivity index (χ2n) is 7.93. The molecule has 2 N–H and O–H groups in total. The van der Waals surface area contributed by atoms with E-state index in [4.69, 9.17) is 13.9 Å². The van der Waals surface area contributed by atoms with Crippen LogP contribution in [0.2, 0.25) is 18.1 Å². The molecule has 0 radical (unpaired) electrons. The molecular formula is C16H32O5Si. The smallest absolute Gasteiger partial charge is 0.192 e. The number of hydrogen-bond donors (Lipinski definition) is 2. The molecule has 0 saturated carbocycles. The minimum atomic E-state index is -1.95. The van der Waals surface area contributed by atoms with Crippen LogP contribution in [0.15, 0.2) is 12.7 Å². The van der Waals surface area contributed by atoms with Gasteiger partial charge < -0.3 is 24.1 Å². The van der Waals surface area contributed by atoms with Crippen LogP contribution in [0.3, 0.4) is 0 Å². The highest BCUT2D eigenvalue weighted by Crippen LogP contribution is 2.37. The van der Waals surface area contributed by atoms with Crippen molar-refractivity contribution < 1.29 is 24.1 Å². The molecule has 0 spiro atoms. The molecule has 0 aromatic rings. The average Bonchev–Trinajstić information content (AvgIpc) is 2.70. The SMILES string of the molecule is C=CC(O)C1OC(C)(C)OC1[C@H](O)CO[Si](C)(C)C(C)(C)C. The monoisotopic (exact) mass is 332 g/mol. The van der Waals surface area contributed by atoms with Gasteiger partial charge in [-0.05, 0) is 32.0 Å². The molecule has 0 aliphatic carbocycles. The quantitative estimate of drug-likeness (QED) is 0.577. The van der Waals surface area contributed by atoms with Crippen molar-refractivity contribution in [2.75, 3.05) is 6.61 Å². The third-order valence-electron chi connectivity index (χ3n) is 4.54. The Morgan fingerprint density at radius 1 is 1.23 bits per heavy atom. The summed E-state index contributed by atoms with van der Waals surface area (Å²) in [5.41, 5.74) is 0. The number of rotatable bonds is 6. The molecule has 1 rings (SSSR count). The van der Waals surface area contributed by atoms with E-state index in [2.05, 4.69) is 40.4 Å². The minimum Gasteiger partial charge on any atom is -0.414 e. The van der Waals surface area contributed by atoms with Gasteiger partial charge in [-0.2, -0.15) is 0 Å². The normalized spacial score (nSPS) is 28.4. The summed E-state index contributed by atoms with van der Waals surface area (Å²) in [6, 6.07) is 0. The van der Waals surface area contributed by atoms with Gasteiger partial charge in [0.05, 0.1) is 6.61 Å². The van der Waals surface area contributed by atoms with Gasteiger partial charge in [-0.25, -0.2) is 0 Å². The summed E-state index contributed by atoms with van der Waals surface area (Å²) in [6.07, 6.45) is -1.66. The molecule has 130 valence electrons. The van der Waals surface area contributed by atoms with E-state index in [-0.39, 0.29) is 11.6 Å². The van der Waals surface area contributed by atoms with Crippen LogP contribution in [0, 0.1) is 0 Å². The molecule has 6 heteroatoms. The van der Waals surface area contributed by atoms with Crippen LogP contribution < -0.4 is 0 Å². The summed E-state index contributed by atoms with van der Waals surface area (Å²) >= 11 is 0. The van der Waals surface area contributed by atoms with E-state index in [1.54, 1.807) is 13.8 Å². The van der Waals surface area contributed by atoms with E-state index in [1.165, 1.54) is 6.08 Å². The molecule has 1 saturated heterocycles. The first-order valence-electron chi connectivity index (χ1n) is 7.79. The van der Waals surface area contributed by atoms with Gasteiger partial charge in [-0.3, -0.25) is 0 Å². The lowest BCUT2D eigenvalue weighted by molar-refractivity contribution is -0.160. The lowest BCUT2D eigenvalue weighted by Gasteiger charge is -2.37. The molecule has 1 heterocycles. The largest absolute Gasteiger partial charge is 0.414 e. The van der Waals surface area contributed by atoms with Gasteiger partial charge in [-0.15, -0.1) is 6.58 Å². The highest BCUT2D eigenvalue weighted by atomic mass is 28.4. The second kappa shape index (κ2) is 6.71. The van der Waals surface area contributed by atoms with Crippen molar-refractivity contribution in [3.05, 3.63) is 12.7 Å². The van der Waals surface area contributed by atoms with Crippen molar-refractivity contribution in [1.82, 2.24) is 0 Å². The third-order valence-corrected chi connectivity index (χ3v) is 9.04. The van der Waals surface area contributed by atoms with Crippen LogP contribution in [0.5, 0.6) is 0 Å². The van der Waals surface area contributed by atoms with Gasteiger partial charge in [0, 0.05) is 0 Å². The number of aliphatic hydroxyl groups excluding tert-OH is 2. The van der Waals surface area contributed by atoms with Crippen LogP contribution in [-0.4, -0.2) is 55.3 Å². The maximum Gasteiger partial charge on any atom is 0.192 e. The van der Waals surface area contributed by atoms with Crippen LogP contribution in [0.25, 0.3) is 0 Å². The van der Waals surface area contributed by atoms with Crippen molar-refractivity contribution in [3.63, 3.8) is 0 Å². The Labute approximate surface area is 135 Å². The Hall–Kier alpha value is -0.243. The van der Waals surface area contributed by atoms with Crippen molar-refractivity contribution in [3.8, 4) is 0 Å². The van der Waals surface area contributed by atoms with Gasteiger partial charge in [-0.1, -0.05) is 26.8 Å². The first kappa shape index (κ1) is 19.8. The summed E-state index contributed by atoms with van der Waals surface area (Å²) in [5.74, 6) is -0.850. The van der Waals surface area contributed by atoms with Crippen molar-refractivity contribution in [2.45, 2.75) is 83.0 Å². The highest BCUT2D eigenvalue weighted by Gasteiger charge is 2.48. The predicted octanol–water partition coefficient (Wildman–Crippen LogP) is 2.44. The molecule has 0 aromatic heterocycles. The molecule has 3 unspecified atom stereocenters. The topological polar surface area (TPSA) is 68.2 Å². The fourth-order valence-corrected chi connectivity index (χ4v) is 3.14. The van der Waals surface area contributed by atoms with Crippen molar-refractivity contribution >= 4 is 8.32 Å². The summed E-state index contributed by atoms with van der Waals surface area (Å²) in [7, 11) is -1.95. The first-order valence-corrected chi connectivity index (χ1v) is 10.7. The summed E-state index contributed by atoms with van der Waals surface area (Å²) in [5, 5.41) is 20.5. The lowest BCUT2D eigenvalue weighted by atomic mass is 10.0. The van der Waals surface area contributed by atoms with Crippen molar-refractivity contribution in [2.24, 2.45) is 0 Å². The molecule has 0 amide bonds.